The summed E-state index contributed by atoms with van der Waals surface area (Å²) >= 11 is 0. The Bertz CT molecular complexity index is 1260. The lowest BCUT2D eigenvalue weighted by atomic mass is 10.0. The molecule has 0 aliphatic heterocycles. The van der Waals surface area contributed by atoms with Crippen molar-refractivity contribution in [3.63, 3.8) is 0 Å². The molecule has 1 amide bonds. The van der Waals surface area contributed by atoms with Crippen LogP contribution in [0, 0.1) is 20.8 Å². The van der Waals surface area contributed by atoms with E-state index in [0.717, 1.165) is 38.7 Å². The molecular weight excluding hydrogens is 374 g/mol. The zero-order valence-electron chi connectivity index (χ0n) is 17.7. The molecule has 152 valence electrons. The fourth-order valence-electron chi connectivity index (χ4n) is 3.55. The largest absolute Gasteiger partial charge is 0.445 e. The van der Waals surface area contributed by atoms with Crippen molar-refractivity contribution in [2.75, 3.05) is 12.4 Å². The van der Waals surface area contributed by atoms with Gasteiger partial charge in [0, 0.05) is 23.5 Å². The molecule has 0 saturated heterocycles. The van der Waals surface area contributed by atoms with Crippen molar-refractivity contribution in [1.82, 2.24) is 10.3 Å². The molecule has 30 heavy (non-hydrogen) atoms. The number of hydrogen-bond donors (Lipinski definition) is 2. The first-order valence-electron chi connectivity index (χ1n) is 9.96. The first-order valence-corrected chi connectivity index (χ1v) is 9.96. The van der Waals surface area contributed by atoms with E-state index in [9.17, 15) is 4.79 Å². The Balaban J connectivity index is 1.81. The Hall–Kier alpha value is -3.60. The van der Waals surface area contributed by atoms with E-state index in [4.69, 9.17) is 9.72 Å². The van der Waals surface area contributed by atoms with Crippen LogP contribution in [0.25, 0.3) is 21.8 Å². The second-order valence-corrected chi connectivity index (χ2v) is 7.61. The second-order valence-electron chi connectivity index (χ2n) is 7.61. The number of anilines is 2. The summed E-state index contributed by atoms with van der Waals surface area (Å²) in [6, 6.07) is 18.6. The van der Waals surface area contributed by atoms with Crippen LogP contribution in [0.5, 0.6) is 0 Å². The Kier molecular flexibility index (Phi) is 5.27. The van der Waals surface area contributed by atoms with Crippen LogP contribution < -0.4 is 10.6 Å². The molecule has 0 atom stereocenters. The number of pyridine rings is 1. The lowest BCUT2D eigenvalue weighted by Gasteiger charge is -2.16. The third-order valence-electron chi connectivity index (χ3n) is 5.32. The highest BCUT2D eigenvalue weighted by Crippen LogP contribution is 2.35. The monoisotopic (exact) mass is 399 g/mol. The van der Waals surface area contributed by atoms with Crippen LogP contribution in [0.1, 0.15) is 22.3 Å². The summed E-state index contributed by atoms with van der Waals surface area (Å²) < 4.78 is 5.18. The van der Waals surface area contributed by atoms with E-state index in [1.807, 2.05) is 24.3 Å². The Labute approximate surface area is 176 Å². The normalized spacial score (nSPS) is 10.9. The number of ether oxygens (including phenoxy) is 1. The first kappa shape index (κ1) is 19.7. The van der Waals surface area contributed by atoms with E-state index in [1.54, 1.807) is 7.05 Å². The molecule has 4 rings (SSSR count). The molecule has 0 bridgehead atoms. The summed E-state index contributed by atoms with van der Waals surface area (Å²) in [5, 5.41) is 8.22. The van der Waals surface area contributed by atoms with E-state index in [-0.39, 0.29) is 6.61 Å². The lowest BCUT2D eigenvalue weighted by Crippen LogP contribution is -2.18. The highest BCUT2D eigenvalue weighted by Gasteiger charge is 2.12. The highest BCUT2D eigenvalue weighted by atomic mass is 16.5. The van der Waals surface area contributed by atoms with Gasteiger partial charge in [0.1, 0.15) is 6.61 Å². The summed E-state index contributed by atoms with van der Waals surface area (Å²) in [6.07, 6.45) is -0.444. The van der Waals surface area contributed by atoms with Crippen LogP contribution in [-0.4, -0.2) is 18.1 Å². The minimum absolute atomic E-state index is 0.213. The number of alkyl carbamates (subject to hydrolysis) is 1. The van der Waals surface area contributed by atoms with Crippen LogP contribution >= 0.6 is 0 Å². The summed E-state index contributed by atoms with van der Waals surface area (Å²) in [7, 11) is 1.55. The van der Waals surface area contributed by atoms with Crippen molar-refractivity contribution < 1.29 is 9.53 Å². The number of aromatic nitrogens is 1. The third-order valence-corrected chi connectivity index (χ3v) is 5.32. The van der Waals surface area contributed by atoms with Gasteiger partial charge >= 0.3 is 6.09 Å². The average molecular weight is 399 g/mol. The Morgan fingerprint density at radius 2 is 1.70 bits per heavy atom. The first-order chi connectivity index (χ1) is 14.4. The second kappa shape index (κ2) is 8.03. The summed E-state index contributed by atoms with van der Waals surface area (Å²) in [6.45, 7) is 6.52. The zero-order valence-corrected chi connectivity index (χ0v) is 17.7. The minimum atomic E-state index is -0.444. The van der Waals surface area contributed by atoms with Gasteiger partial charge in [-0.3, -0.25) is 0 Å². The van der Waals surface area contributed by atoms with E-state index < -0.39 is 6.09 Å². The fraction of sp³-hybridized carbons (Fsp3) is 0.200. The van der Waals surface area contributed by atoms with E-state index in [1.165, 1.54) is 16.7 Å². The molecule has 5 nitrogen and oxygen atoms in total. The Morgan fingerprint density at radius 1 is 0.933 bits per heavy atom. The van der Waals surface area contributed by atoms with Crippen molar-refractivity contribution in [2.45, 2.75) is 27.4 Å². The number of carbonyl (C=O) groups excluding carboxylic acids is 1. The number of amides is 1. The van der Waals surface area contributed by atoms with Crippen LogP contribution in [-0.2, 0) is 11.3 Å². The summed E-state index contributed by atoms with van der Waals surface area (Å²) in [5.74, 6) is 0. The molecule has 1 heterocycles. The molecule has 0 aliphatic rings. The molecular formula is C25H25N3O2. The topological polar surface area (TPSA) is 63.2 Å². The molecule has 0 spiro atoms. The quantitative estimate of drug-likeness (QED) is 0.419. The number of aryl methyl sites for hydroxylation is 3. The predicted molar refractivity (Wildman–Crippen MR) is 122 cm³/mol. The van der Waals surface area contributed by atoms with E-state index >= 15 is 0 Å². The number of nitrogens with one attached hydrogen (secondary N) is 2. The molecule has 4 aromatic rings. The average Bonchev–Trinajstić information content (AvgIpc) is 2.73. The van der Waals surface area contributed by atoms with E-state index in [2.05, 4.69) is 61.7 Å². The SMILES string of the molecule is CNC(=O)OCc1cccc(Nc2c3ccc(C)cc3nc3cc(C)c(C)cc23)c1. The fourth-order valence-corrected chi connectivity index (χ4v) is 3.55. The molecule has 5 heteroatoms. The summed E-state index contributed by atoms with van der Waals surface area (Å²) in [4.78, 5) is 16.3. The van der Waals surface area contributed by atoms with Gasteiger partial charge in [-0.05, 0) is 73.4 Å². The van der Waals surface area contributed by atoms with Gasteiger partial charge in [0.05, 0.1) is 16.7 Å². The maximum atomic E-state index is 11.4. The van der Waals surface area contributed by atoms with Crippen molar-refractivity contribution in [3.05, 3.63) is 76.9 Å². The lowest BCUT2D eigenvalue weighted by molar-refractivity contribution is 0.142. The number of rotatable bonds is 4. The standard InChI is InChI=1S/C25H25N3O2/c1-15-8-9-20-22(10-15)28-23-12-17(3)16(2)11-21(23)24(20)27-19-7-5-6-18(13-19)14-30-25(29)26-4/h5-13H,14H2,1-4H3,(H,26,29)(H,27,28). The number of nitrogens with zero attached hydrogens (tertiary/aromatic N) is 1. The van der Waals surface area contributed by atoms with Gasteiger partial charge in [0.15, 0.2) is 0 Å². The van der Waals surface area contributed by atoms with Gasteiger partial charge in [0.25, 0.3) is 0 Å². The van der Waals surface area contributed by atoms with Gasteiger partial charge < -0.3 is 15.4 Å². The van der Waals surface area contributed by atoms with Gasteiger partial charge in [0.2, 0.25) is 0 Å². The molecule has 0 fully saturated rings. The molecule has 0 unspecified atom stereocenters. The van der Waals surface area contributed by atoms with Crippen LogP contribution in [0.15, 0.2) is 54.6 Å². The summed E-state index contributed by atoms with van der Waals surface area (Å²) in [5.41, 5.74) is 8.44. The van der Waals surface area contributed by atoms with E-state index in [0.29, 0.717) is 0 Å². The van der Waals surface area contributed by atoms with Gasteiger partial charge in [-0.25, -0.2) is 9.78 Å². The maximum absolute atomic E-state index is 11.4. The predicted octanol–water partition coefficient (Wildman–Crippen LogP) is 5.91. The van der Waals surface area contributed by atoms with Gasteiger partial charge in [-0.1, -0.05) is 24.3 Å². The van der Waals surface area contributed by atoms with Crippen LogP contribution in [0.3, 0.4) is 0 Å². The molecule has 0 aliphatic carbocycles. The highest BCUT2D eigenvalue weighted by molar-refractivity contribution is 6.09. The number of hydrogen-bond acceptors (Lipinski definition) is 4. The zero-order chi connectivity index (χ0) is 21.3. The maximum Gasteiger partial charge on any atom is 0.407 e. The van der Waals surface area contributed by atoms with Crippen LogP contribution in [0.2, 0.25) is 0 Å². The number of fused-ring (bicyclic) bond motifs is 2. The molecule has 2 N–H and O–H groups in total. The van der Waals surface area contributed by atoms with Crippen LogP contribution in [0.4, 0.5) is 16.2 Å². The number of benzene rings is 3. The molecule has 3 aromatic carbocycles. The van der Waals surface area contributed by atoms with Crippen molar-refractivity contribution in [3.8, 4) is 0 Å². The molecule has 0 saturated carbocycles. The smallest absolute Gasteiger partial charge is 0.407 e. The van der Waals surface area contributed by atoms with Gasteiger partial charge in [-0.15, -0.1) is 0 Å². The van der Waals surface area contributed by atoms with Gasteiger partial charge in [-0.2, -0.15) is 0 Å². The number of carbonyl (C=O) groups is 1. The minimum Gasteiger partial charge on any atom is -0.445 e. The van der Waals surface area contributed by atoms with Crippen molar-refractivity contribution in [2.24, 2.45) is 0 Å². The molecule has 0 radical (unpaired) electrons. The van der Waals surface area contributed by atoms with Crippen molar-refractivity contribution in [1.29, 1.82) is 0 Å². The molecule has 1 aromatic heterocycles. The third kappa shape index (κ3) is 3.92. The Morgan fingerprint density at radius 3 is 2.50 bits per heavy atom. The van der Waals surface area contributed by atoms with Crippen molar-refractivity contribution >= 4 is 39.3 Å².